The summed E-state index contributed by atoms with van der Waals surface area (Å²) < 4.78 is 9.82. The monoisotopic (exact) mass is 430 g/mol. The lowest BCUT2D eigenvalue weighted by atomic mass is 10.1. The van der Waals surface area contributed by atoms with E-state index in [0.29, 0.717) is 13.2 Å². The molecule has 3 N–H and O–H groups in total. The fourth-order valence-electron chi connectivity index (χ4n) is 2.45. The second-order valence-electron chi connectivity index (χ2n) is 6.20. The molecule has 2 aromatic rings. The molecule has 0 spiro atoms. The van der Waals surface area contributed by atoms with Crippen LogP contribution in [0, 0.1) is 10.1 Å². The predicted octanol–water partition coefficient (Wildman–Crippen LogP) is 1.84. The average molecular weight is 430 g/mol. The first-order valence-corrected chi connectivity index (χ1v) is 9.20. The highest BCUT2D eigenvalue weighted by molar-refractivity contribution is 5.99. The number of nitrogens with zero attached hydrogens (tertiary/aromatic N) is 1. The van der Waals surface area contributed by atoms with E-state index in [0.717, 1.165) is 11.6 Å². The maximum Gasteiger partial charge on any atom is 0.341 e. The van der Waals surface area contributed by atoms with Crippen molar-refractivity contribution in [2.45, 2.75) is 6.54 Å². The number of esters is 1. The third-order valence-corrected chi connectivity index (χ3v) is 3.94. The van der Waals surface area contributed by atoms with E-state index in [1.807, 2.05) is 23.5 Å². The third kappa shape index (κ3) is 7.74. The lowest BCUT2D eigenvalue weighted by Gasteiger charge is -2.12. The largest absolute Gasteiger partial charge is 0.452 e. The molecule has 0 fully saturated rings. The Balaban J connectivity index is 1.91. The maximum atomic E-state index is 12.4. The molecule has 0 radical (unpaired) electrons. The van der Waals surface area contributed by atoms with E-state index in [-0.39, 0.29) is 23.5 Å². The molecule has 2 rings (SSSR count). The first-order valence-electron chi connectivity index (χ1n) is 9.20. The lowest BCUT2D eigenvalue weighted by molar-refractivity contribution is -0.384. The first kappa shape index (κ1) is 23.3. The van der Waals surface area contributed by atoms with E-state index >= 15 is 0 Å². The van der Waals surface area contributed by atoms with Gasteiger partial charge >= 0.3 is 12.0 Å². The van der Waals surface area contributed by atoms with Gasteiger partial charge < -0.3 is 20.1 Å². The summed E-state index contributed by atoms with van der Waals surface area (Å²) in [4.78, 5) is 46.4. The molecule has 2 aromatic carbocycles. The zero-order valence-corrected chi connectivity index (χ0v) is 16.8. The van der Waals surface area contributed by atoms with Crippen molar-refractivity contribution in [3.05, 3.63) is 69.8 Å². The van der Waals surface area contributed by atoms with Crippen molar-refractivity contribution in [2.24, 2.45) is 0 Å². The molecule has 0 unspecified atom stereocenters. The van der Waals surface area contributed by atoms with Crippen LogP contribution in [0.25, 0.3) is 0 Å². The minimum Gasteiger partial charge on any atom is -0.452 e. The van der Waals surface area contributed by atoms with Gasteiger partial charge in [0.1, 0.15) is 0 Å². The van der Waals surface area contributed by atoms with Crippen LogP contribution in [-0.2, 0) is 20.8 Å². The third-order valence-electron chi connectivity index (χ3n) is 3.94. The molecule has 31 heavy (non-hydrogen) atoms. The molecule has 0 bridgehead atoms. The molecule has 0 aliphatic heterocycles. The van der Waals surface area contributed by atoms with Crippen LogP contribution < -0.4 is 16.0 Å². The van der Waals surface area contributed by atoms with Gasteiger partial charge in [-0.25, -0.2) is 9.59 Å². The van der Waals surface area contributed by atoms with Gasteiger partial charge in [0.05, 0.1) is 17.1 Å². The summed E-state index contributed by atoms with van der Waals surface area (Å²) in [6.07, 6.45) is 0. The number of benzene rings is 2. The van der Waals surface area contributed by atoms with Crippen molar-refractivity contribution < 1.29 is 28.8 Å². The summed E-state index contributed by atoms with van der Waals surface area (Å²) in [6, 6.07) is 12.0. The number of amides is 3. The number of non-ortho nitro benzene ring substituents is 1. The van der Waals surface area contributed by atoms with Gasteiger partial charge in [0.15, 0.2) is 6.61 Å². The fraction of sp³-hybridized carbons (Fsp3) is 0.250. The Morgan fingerprint density at radius 3 is 2.52 bits per heavy atom. The number of hydrogen-bond donors (Lipinski definition) is 3. The van der Waals surface area contributed by atoms with Crippen LogP contribution in [0.2, 0.25) is 0 Å². The number of nitro groups is 1. The number of nitrogens with one attached hydrogen (secondary N) is 3. The van der Waals surface area contributed by atoms with E-state index in [1.165, 1.54) is 19.2 Å². The Kier molecular flexibility index (Phi) is 8.92. The molecule has 0 aromatic heterocycles. The second-order valence-corrected chi connectivity index (χ2v) is 6.20. The molecule has 0 saturated heterocycles. The van der Waals surface area contributed by atoms with Crippen LogP contribution >= 0.6 is 0 Å². The van der Waals surface area contributed by atoms with E-state index in [4.69, 9.17) is 9.47 Å². The Hall–Kier alpha value is -3.99. The van der Waals surface area contributed by atoms with Crippen molar-refractivity contribution in [2.75, 3.05) is 32.2 Å². The van der Waals surface area contributed by atoms with Crippen molar-refractivity contribution in [3.63, 3.8) is 0 Å². The molecule has 0 atom stereocenters. The van der Waals surface area contributed by atoms with Crippen LogP contribution in [0.5, 0.6) is 0 Å². The Morgan fingerprint density at radius 2 is 1.84 bits per heavy atom. The first-order chi connectivity index (χ1) is 14.9. The average Bonchev–Trinajstić information content (AvgIpc) is 2.77. The van der Waals surface area contributed by atoms with Crippen LogP contribution in [0.1, 0.15) is 15.9 Å². The van der Waals surface area contributed by atoms with Crippen LogP contribution in [0.15, 0.2) is 48.5 Å². The summed E-state index contributed by atoms with van der Waals surface area (Å²) in [6.45, 7) is 0.157. The van der Waals surface area contributed by atoms with Crippen LogP contribution in [0.4, 0.5) is 16.2 Å². The zero-order valence-electron chi connectivity index (χ0n) is 16.8. The van der Waals surface area contributed by atoms with Gasteiger partial charge in [-0.3, -0.25) is 20.2 Å². The highest BCUT2D eigenvalue weighted by atomic mass is 16.6. The number of anilines is 1. The quantitative estimate of drug-likeness (QED) is 0.224. The van der Waals surface area contributed by atoms with Crippen molar-refractivity contribution in [3.8, 4) is 0 Å². The van der Waals surface area contributed by atoms with Gasteiger partial charge in [-0.2, -0.15) is 0 Å². The van der Waals surface area contributed by atoms with Gasteiger partial charge in [0.25, 0.3) is 11.6 Å². The molecule has 164 valence electrons. The molecular formula is C20H22N4O7. The summed E-state index contributed by atoms with van der Waals surface area (Å²) in [5.74, 6) is -1.80. The molecule has 0 aliphatic rings. The van der Waals surface area contributed by atoms with Crippen molar-refractivity contribution in [1.82, 2.24) is 10.6 Å². The number of hydrogen-bond acceptors (Lipinski definition) is 8. The number of ether oxygens (including phenoxy) is 2. The summed E-state index contributed by atoms with van der Waals surface area (Å²) in [7, 11) is 1.50. The SMILES string of the molecule is COCCNc1ccc([N+](=O)[O-])cc1C(=O)OCC(=O)NC(=O)NCc1ccccc1. The standard InChI is InChI=1S/C20H22N4O7/c1-30-10-9-21-17-8-7-15(24(28)29)11-16(17)19(26)31-13-18(25)23-20(27)22-12-14-5-3-2-4-6-14/h2-8,11,21H,9-10,12-13H2,1H3,(H2,22,23,25,27). The van der Waals surface area contributed by atoms with Gasteiger partial charge in [0.2, 0.25) is 0 Å². The summed E-state index contributed by atoms with van der Waals surface area (Å²) in [5.41, 5.74) is 0.699. The highest BCUT2D eigenvalue weighted by Gasteiger charge is 2.19. The van der Waals surface area contributed by atoms with E-state index in [1.54, 1.807) is 12.1 Å². The topological polar surface area (TPSA) is 149 Å². The molecular weight excluding hydrogens is 408 g/mol. The smallest absolute Gasteiger partial charge is 0.341 e. The Labute approximate surface area is 177 Å². The molecule has 0 aliphatic carbocycles. The zero-order chi connectivity index (χ0) is 22.6. The minimum atomic E-state index is -0.955. The Morgan fingerprint density at radius 1 is 1.10 bits per heavy atom. The number of nitro benzene ring substituents is 1. The lowest BCUT2D eigenvalue weighted by Crippen LogP contribution is -2.41. The second kappa shape index (κ2) is 11.9. The predicted molar refractivity (Wildman–Crippen MR) is 111 cm³/mol. The van der Waals surface area contributed by atoms with Crippen LogP contribution in [-0.4, -0.2) is 49.7 Å². The minimum absolute atomic E-state index is 0.119. The fourth-order valence-corrected chi connectivity index (χ4v) is 2.45. The number of carbonyl (C=O) groups is 3. The van der Waals surface area contributed by atoms with Gasteiger partial charge in [0, 0.05) is 38.0 Å². The maximum absolute atomic E-state index is 12.4. The number of urea groups is 1. The number of imide groups is 1. The summed E-state index contributed by atoms with van der Waals surface area (Å²) in [5, 5.41) is 18.4. The molecule has 0 heterocycles. The molecule has 11 heteroatoms. The Bertz CT molecular complexity index is 934. The number of carbonyl (C=O) groups excluding carboxylic acids is 3. The normalized spacial score (nSPS) is 10.1. The van der Waals surface area contributed by atoms with E-state index < -0.39 is 29.4 Å². The van der Waals surface area contributed by atoms with E-state index in [2.05, 4.69) is 10.6 Å². The van der Waals surface area contributed by atoms with Crippen molar-refractivity contribution in [1.29, 1.82) is 0 Å². The van der Waals surface area contributed by atoms with Crippen molar-refractivity contribution >= 4 is 29.3 Å². The molecule has 11 nitrogen and oxygen atoms in total. The van der Waals surface area contributed by atoms with Gasteiger partial charge in [-0.05, 0) is 11.6 Å². The number of methoxy groups -OCH3 is 1. The van der Waals surface area contributed by atoms with E-state index in [9.17, 15) is 24.5 Å². The number of rotatable bonds is 10. The highest BCUT2D eigenvalue weighted by Crippen LogP contribution is 2.23. The van der Waals surface area contributed by atoms with Gasteiger partial charge in [-0.1, -0.05) is 30.3 Å². The molecule has 0 saturated carbocycles. The summed E-state index contributed by atoms with van der Waals surface area (Å²) >= 11 is 0. The molecule has 3 amide bonds. The van der Waals surface area contributed by atoms with Gasteiger partial charge in [-0.15, -0.1) is 0 Å². The van der Waals surface area contributed by atoms with Crippen LogP contribution in [0.3, 0.4) is 0 Å².